The zero-order valence-corrected chi connectivity index (χ0v) is 17.6. The number of amides is 1. The third-order valence-corrected chi connectivity index (χ3v) is 5.26. The second-order valence-corrected chi connectivity index (χ2v) is 7.11. The van der Waals surface area contributed by atoms with Gasteiger partial charge in [0, 0.05) is 34.8 Å². The molecule has 4 rings (SSSR count). The number of aryl methyl sites for hydroxylation is 1. The van der Waals surface area contributed by atoms with Crippen LogP contribution in [0.15, 0.2) is 39.5 Å². The highest BCUT2D eigenvalue weighted by Gasteiger charge is 2.20. The molecule has 0 saturated heterocycles. The van der Waals surface area contributed by atoms with Gasteiger partial charge < -0.3 is 28.7 Å². The number of fused-ring (bicyclic) bond motifs is 3. The molecule has 0 saturated carbocycles. The fourth-order valence-corrected chi connectivity index (χ4v) is 3.85. The molecule has 0 fully saturated rings. The van der Waals surface area contributed by atoms with E-state index >= 15 is 0 Å². The van der Waals surface area contributed by atoms with Gasteiger partial charge in [0.15, 0.2) is 18.1 Å². The molecule has 0 atom stereocenters. The normalized spacial score (nSPS) is 12.4. The van der Waals surface area contributed by atoms with Gasteiger partial charge in [0.25, 0.3) is 5.91 Å². The highest BCUT2D eigenvalue weighted by Crippen LogP contribution is 2.40. The molecule has 1 amide bonds. The van der Waals surface area contributed by atoms with Crippen LogP contribution in [0.3, 0.4) is 0 Å². The molecule has 0 spiro atoms. The lowest BCUT2D eigenvalue weighted by Gasteiger charge is -2.15. The summed E-state index contributed by atoms with van der Waals surface area (Å²) in [6.45, 7) is -0.225. The molecule has 162 valence electrons. The third kappa shape index (κ3) is 4.01. The topological polar surface area (TPSA) is 96.2 Å². The van der Waals surface area contributed by atoms with Gasteiger partial charge in [-0.05, 0) is 37.0 Å². The van der Waals surface area contributed by atoms with Crippen molar-refractivity contribution in [1.29, 1.82) is 0 Å². The maximum Gasteiger partial charge on any atom is 0.339 e. The zero-order chi connectivity index (χ0) is 22.0. The predicted molar refractivity (Wildman–Crippen MR) is 115 cm³/mol. The summed E-state index contributed by atoms with van der Waals surface area (Å²) in [5.74, 6) is 1.35. The number of methoxy groups -OCH3 is 3. The van der Waals surface area contributed by atoms with Crippen molar-refractivity contribution >= 4 is 22.6 Å². The number of ether oxygens (including phenoxy) is 4. The maximum absolute atomic E-state index is 12.4. The summed E-state index contributed by atoms with van der Waals surface area (Å²) < 4.78 is 26.9. The number of rotatable bonds is 7. The summed E-state index contributed by atoms with van der Waals surface area (Å²) in [6, 6.07) is 8.54. The number of carbonyl (C=O) groups excluding carboxylic acids is 1. The van der Waals surface area contributed by atoms with Crippen LogP contribution in [-0.4, -0.2) is 33.8 Å². The highest BCUT2D eigenvalue weighted by atomic mass is 16.5. The average molecular weight is 425 g/mol. The molecule has 1 aromatic heterocycles. The molecule has 0 bridgehead atoms. The molecule has 1 aliphatic rings. The van der Waals surface area contributed by atoms with E-state index in [0.717, 1.165) is 35.8 Å². The monoisotopic (exact) mass is 425 g/mol. The van der Waals surface area contributed by atoms with Gasteiger partial charge >= 0.3 is 5.63 Å². The van der Waals surface area contributed by atoms with E-state index in [2.05, 4.69) is 5.32 Å². The first-order chi connectivity index (χ1) is 15.0. The van der Waals surface area contributed by atoms with Gasteiger partial charge in [0.1, 0.15) is 11.3 Å². The van der Waals surface area contributed by atoms with E-state index in [1.54, 1.807) is 24.3 Å². The van der Waals surface area contributed by atoms with Crippen molar-refractivity contribution in [2.75, 3.05) is 33.3 Å². The Bertz CT molecular complexity index is 1170. The van der Waals surface area contributed by atoms with Crippen LogP contribution in [0.4, 0.5) is 5.69 Å². The van der Waals surface area contributed by atoms with Gasteiger partial charge in [-0.25, -0.2) is 4.79 Å². The summed E-state index contributed by atoms with van der Waals surface area (Å²) in [5.41, 5.74) is 2.47. The lowest BCUT2D eigenvalue weighted by atomic mass is 10.1. The molecule has 8 nitrogen and oxygen atoms in total. The SMILES string of the molecule is COc1cc(NC(=O)COc2ccc3c4c(c(=O)oc3c2)CCC4)cc(OC)c1OC. The highest BCUT2D eigenvalue weighted by molar-refractivity contribution is 5.92. The van der Waals surface area contributed by atoms with Gasteiger partial charge in [0.2, 0.25) is 5.75 Å². The second-order valence-electron chi connectivity index (χ2n) is 7.11. The molecular weight excluding hydrogens is 402 g/mol. The van der Waals surface area contributed by atoms with Gasteiger partial charge in [-0.1, -0.05) is 0 Å². The molecule has 0 aliphatic heterocycles. The Balaban J connectivity index is 1.47. The van der Waals surface area contributed by atoms with Gasteiger partial charge in [0.05, 0.1) is 21.3 Å². The van der Waals surface area contributed by atoms with Gasteiger partial charge in [-0.3, -0.25) is 4.79 Å². The quantitative estimate of drug-likeness (QED) is 0.580. The molecule has 0 radical (unpaired) electrons. The lowest BCUT2D eigenvalue weighted by Crippen LogP contribution is -2.20. The minimum absolute atomic E-state index is 0.225. The van der Waals surface area contributed by atoms with Crippen molar-refractivity contribution < 1.29 is 28.2 Å². The average Bonchev–Trinajstić information content (AvgIpc) is 3.27. The third-order valence-electron chi connectivity index (χ3n) is 5.26. The number of carbonyl (C=O) groups is 1. The molecule has 2 aromatic carbocycles. The summed E-state index contributed by atoms with van der Waals surface area (Å²) in [5, 5.41) is 3.66. The molecule has 8 heteroatoms. The fourth-order valence-electron chi connectivity index (χ4n) is 3.85. The summed E-state index contributed by atoms with van der Waals surface area (Å²) in [6.07, 6.45) is 2.58. The Kier molecular flexibility index (Phi) is 5.70. The predicted octanol–water partition coefficient (Wildman–Crippen LogP) is 3.33. The number of hydrogen-bond donors (Lipinski definition) is 1. The van der Waals surface area contributed by atoms with Crippen LogP contribution in [0.2, 0.25) is 0 Å². The molecule has 3 aromatic rings. The van der Waals surface area contributed by atoms with Crippen LogP contribution < -0.4 is 29.9 Å². The van der Waals surface area contributed by atoms with Crippen molar-refractivity contribution in [1.82, 2.24) is 0 Å². The number of nitrogens with one attached hydrogen (secondary N) is 1. The Morgan fingerprint density at radius 3 is 2.39 bits per heavy atom. The summed E-state index contributed by atoms with van der Waals surface area (Å²) in [7, 11) is 4.51. The minimum atomic E-state index is -0.371. The van der Waals surface area contributed by atoms with Gasteiger partial charge in [-0.15, -0.1) is 0 Å². The Morgan fingerprint density at radius 1 is 1.00 bits per heavy atom. The Hall–Kier alpha value is -3.68. The zero-order valence-electron chi connectivity index (χ0n) is 17.6. The first kappa shape index (κ1) is 20.6. The van der Waals surface area contributed by atoms with Crippen molar-refractivity contribution in [3.05, 3.63) is 51.9 Å². The standard InChI is InChI=1S/C23H23NO7/c1-27-19-9-13(10-20(28-2)22(19)29-3)24-21(25)12-30-14-7-8-16-15-5-4-6-17(15)23(26)31-18(16)11-14/h7-11H,4-6,12H2,1-3H3,(H,24,25). The van der Waals surface area contributed by atoms with E-state index in [1.165, 1.54) is 21.3 Å². The summed E-state index contributed by atoms with van der Waals surface area (Å²) in [4.78, 5) is 24.5. The molecule has 1 N–H and O–H groups in total. The number of anilines is 1. The van der Waals surface area contributed by atoms with E-state index in [-0.39, 0.29) is 18.1 Å². The van der Waals surface area contributed by atoms with Gasteiger partial charge in [-0.2, -0.15) is 0 Å². The van der Waals surface area contributed by atoms with Crippen molar-refractivity contribution in [2.24, 2.45) is 0 Å². The molecule has 31 heavy (non-hydrogen) atoms. The number of benzene rings is 2. The van der Waals surface area contributed by atoms with Crippen LogP contribution in [0.1, 0.15) is 17.5 Å². The molecular formula is C23H23NO7. The van der Waals surface area contributed by atoms with Crippen LogP contribution in [0.5, 0.6) is 23.0 Å². The number of hydrogen-bond acceptors (Lipinski definition) is 7. The smallest absolute Gasteiger partial charge is 0.339 e. The largest absolute Gasteiger partial charge is 0.493 e. The van der Waals surface area contributed by atoms with E-state index in [9.17, 15) is 9.59 Å². The fraction of sp³-hybridized carbons (Fsp3) is 0.304. The second kappa shape index (κ2) is 8.59. The van der Waals surface area contributed by atoms with E-state index in [0.29, 0.717) is 34.3 Å². The molecule has 0 unspecified atom stereocenters. The van der Waals surface area contributed by atoms with E-state index < -0.39 is 0 Å². The maximum atomic E-state index is 12.4. The first-order valence-electron chi connectivity index (χ1n) is 9.85. The van der Waals surface area contributed by atoms with Crippen LogP contribution in [-0.2, 0) is 17.6 Å². The molecule has 1 aliphatic carbocycles. The van der Waals surface area contributed by atoms with Crippen LogP contribution in [0, 0.1) is 0 Å². The lowest BCUT2D eigenvalue weighted by molar-refractivity contribution is -0.118. The van der Waals surface area contributed by atoms with E-state index in [4.69, 9.17) is 23.4 Å². The minimum Gasteiger partial charge on any atom is -0.493 e. The van der Waals surface area contributed by atoms with Crippen molar-refractivity contribution in [3.63, 3.8) is 0 Å². The van der Waals surface area contributed by atoms with Crippen molar-refractivity contribution in [3.8, 4) is 23.0 Å². The van der Waals surface area contributed by atoms with Crippen LogP contribution >= 0.6 is 0 Å². The molecule has 1 heterocycles. The summed E-state index contributed by atoms with van der Waals surface area (Å²) >= 11 is 0. The first-order valence-corrected chi connectivity index (χ1v) is 9.85. The van der Waals surface area contributed by atoms with Crippen molar-refractivity contribution in [2.45, 2.75) is 19.3 Å². The van der Waals surface area contributed by atoms with E-state index in [1.807, 2.05) is 6.07 Å². The Morgan fingerprint density at radius 2 is 1.71 bits per heavy atom. The Labute approximate surface area is 178 Å². The van der Waals surface area contributed by atoms with Crippen LogP contribution in [0.25, 0.3) is 11.0 Å².